The van der Waals surface area contributed by atoms with E-state index in [1.165, 1.54) is 11.1 Å². The Morgan fingerprint density at radius 2 is 1.48 bits per heavy atom. The van der Waals surface area contributed by atoms with Crippen LogP contribution in [0.15, 0.2) is 36.7 Å². The molecule has 1 aliphatic rings. The fourth-order valence-electron chi connectivity index (χ4n) is 2.74. The lowest BCUT2D eigenvalue weighted by Gasteiger charge is -2.34. The average molecular weight is 283 g/mol. The highest BCUT2D eigenvalue weighted by atomic mass is 16.5. The topological polar surface area (TPSA) is 38.2 Å². The molecule has 0 aliphatic carbocycles. The van der Waals surface area contributed by atoms with Gasteiger partial charge in [0, 0.05) is 31.6 Å². The number of hydrogen-bond acceptors (Lipinski definition) is 4. The maximum atomic E-state index is 5.50. The van der Waals surface area contributed by atoms with Gasteiger partial charge in [0.05, 0.1) is 0 Å². The normalized spacial score (nSPS) is 15.9. The fourth-order valence-corrected chi connectivity index (χ4v) is 2.74. The van der Waals surface area contributed by atoms with Crippen LogP contribution in [0.1, 0.15) is 24.0 Å². The summed E-state index contributed by atoms with van der Waals surface area (Å²) in [5.41, 5.74) is 2.43. The molecule has 0 N–H and O–H groups in total. The molecule has 0 bridgehead atoms. The van der Waals surface area contributed by atoms with Crippen molar-refractivity contribution in [1.82, 2.24) is 9.97 Å². The number of aryl methyl sites for hydroxylation is 2. The third-order valence-corrected chi connectivity index (χ3v) is 3.85. The van der Waals surface area contributed by atoms with Crippen LogP contribution in [0.2, 0.25) is 0 Å². The summed E-state index contributed by atoms with van der Waals surface area (Å²) in [5, 5.41) is 0. The van der Waals surface area contributed by atoms with E-state index in [0.29, 0.717) is 6.04 Å². The highest BCUT2D eigenvalue weighted by Gasteiger charge is 2.25. The quantitative estimate of drug-likeness (QED) is 0.865. The summed E-state index contributed by atoms with van der Waals surface area (Å²) in [7, 11) is 0. The number of anilines is 2. The van der Waals surface area contributed by atoms with Crippen LogP contribution in [0, 0.1) is 13.8 Å². The predicted octanol–water partition coefficient (Wildman–Crippen LogP) is 3.41. The van der Waals surface area contributed by atoms with Crippen LogP contribution in [0.25, 0.3) is 0 Å². The van der Waals surface area contributed by atoms with Gasteiger partial charge >= 0.3 is 0 Å². The minimum absolute atomic E-state index is 0.391. The molecule has 0 aromatic carbocycles. The molecular weight excluding hydrogens is 262 g/mol. The third kappa shape index (κ3) is 3.22. The molecule has 0 atom stereocenters. The predicted molar refractivity (Wildman–Crippen MR) is 83.9 cm³/mol. The molecule has 1 saturated heterocycles. The molecule has 1 aliphatic heterocycles. The fraction of sp³-hybridized carbons (Fsp3) is 0.412. The second-order valence-electron chi connectivity index (χ2n) is 5.60. The molecule has 3 rings (SSSR count). The van der Waals surface area contributed by atoms with Gasteiger partial charge < -0.3 is 9.64 Å². The first-order valence-electron chi connectivity index (χ1n) is 7.46. The SMILES string of the molecule is Cc1ccnc(N(c2cc(C)ccn2)C2CCOCC2)c1. The Morgan fingerprint density at radius 1 is 0.952 bits per heavy atom. The molecule has 0 radical (unpaired) electrons. The number of pyridine rings is 2. The van der Waals surface area contributed by atoms with Gasteiger partial charge in [0.15, 0.2) is 0 Å². The van der Waals surface area contributed by atoms with E-state index >= 15 is 0 Å². The summed E-state index contributed by atoms with van der Waals surface area (Å²) >= 11 is 0. The van der Waals surface area contributed by atoms with Gasteiger partial charge in [-0.2, -0.15) is 0 Å². The van der Waals surface area contributed by atoms with Crippen LogP contribution in [0.5, 0.6) is 0 Å². The number of hydrogen-bond donors (Lipinski definition) is 0. The summed E-state index contributed by atoms with van der Waals surface area (Å²) in [5.74, 6) is 1.94. The molecule has 1 fully saturated rings. The maximum absolute atomic E-state index is 5.50. The molecule has 2 aromatic rings. The summed E-state index contributed by atoms with van der Waals surface area (Å²) in [6.45, 7) is 5.80. The minimum atomic E-state index is 0.391. The zero-order valence-electron chi connectivity index (χ0n) is 12.6. The molecule has 4 nitrogen and oxygen atoms in total. The van der Waals surface area contributed by atoms with Crippen LogP contribution < -0.4 is 4.90 Å². The van der Waals surface area contributed by atoms with Crippen molar-refractivity contribution >= 4 is 11.6 Å². The van der Waals surface area contributed by atoms with Crippen molar-refractivity contribution in [3.05, 3.63) is 47.8 Å². The molecule has 0 amide bonds. The van der Waals surface area contributed by atoms with Crippen LogP contribution in [-0.2, 0) is 4.74 Å². The summed E-state index contributed by atoms with van der Waals surface area (Å²) in [6.07, 6.45) is 5.75. The van der Waals surface area contributed by atoms with Gasteiger partial charge in [-0.05, 0) is 62.1 Å². The first kappa shape index (κ1) is 14.0. The van der Waals surface area contributed by atoms with Crippen molar-refractivity contribution in [1.29, 1.82) is 0 Å². The van der Waals surface area contributed by atoms with Crippen molar-refractivity contribution in [2.45, 2.75) is 32.7 Å². The standard InChI is InChI=1S/C17H21N3O/c1-13-3-7-18-16(11-13)20(15-5-9-21-10-6-15)17-12-14(2)4-8-19-17/h3-4,7-8,11-12,15H,5-6,9-10H2,1-2H3. The largest absolute Gasteiger partial charge is 0.381 e. The molecule has 21 heavy (non-hydrogen) atoms. The summed E-state index contributed by atoms with van der Waals surface area (Å²) in [6, 6.07) is 8.69. The molecule has 2 aromatic heterocycles. The van der Waals surface area contributed by atoms with E-state index in [4.69, 9.17) is 4.74 Å². The summed E-state index contributed by atoms with van der Waals surface area (Å²) in [4.78, 5) is 11.4. The lowest BCUT2D eigenvalue weighted by atomic mass is 10.1. The van der Waals surface area contributed by atoms with E-state index in [0.717, 1.165) is 37.7 Å². The highest BCUT2D eigenvalue weighted by Crippen LogP contribution is 2.29. The first-order chi connectivity index (χ1) is 10.2. The molecule has 4 heteroatoms. The van der Waals surface area contributed by atoms with Gasteiger partial charge in [-0.25, -0.2) is 9.97 Å². The van der Waals surface area contributed by atoms with Crippen molar-refractivity contribution in [2.75, 3.05) is 18.1 Å². The minimum Gasteiger partial charge on any atom is -0.381 e. The van der Waals surface area contributed by atoms with Gasteiger partial charge in [-0.3, -0.25) is 0 Å². The van der Waals surface area contributed by atoms with Crippen LogP contribution >= 0.6 is 0 Å². The van der Waals surface area contributed by atoms with Crippen LogP contribution in [0.4, 0.5) is 11.6 Å². The Kier molecular flexibility index (Phi) is 4.15. The van der Waals surface area contributed by atoms with Crippen LogP contribution in [-0.4, -0.2) is 29.2 Å². The molecule has 0 spiro atoms. The van der Waals surface area contributed by atoms with E-state index in [1.807, 2.05) is 24.5 Å². The lowest BCUT2D eigenvalue weighted by molar-refractivity contribution is 0.0863. The van der Waals surface area contributed by atoms with Crippen LogP contribution in [0.3, 0.4) is 0 Å². The molecule has 110 valence electrons. The van der Waals surface area contributed by atoms with E-state index in [2.05, 4.69) is 40.8 Å². The Morgan fingerprint density at radius 3 is 1.95 bits per heavy atom. The van der Waals surface area contributed by atoms with Gasteiger partial charge in [-0.15, -0.1) is 0 Å². The van der Waals surface area contributed by atoms with E-state index < -0.39 is 0 Å². The highest BCUT2D eigenvalue weighted by molar-refractivity contribution is 5.58. The number of ether oxygens (including phenoxy) is 1. The number of nitrogens with zero attached hydrogens (tertiary/aromatic N) is 3. The Balaban J connectivity index is 2.01. The molecule has 0 saturated carbocycles. The van der Waals surface area contributed by atoms with Gasteiger partial charge in [0.2, 0.25) is 0 Å². The van der Waals surface area contributed by atoms with Gasteiger partial charge in [0.1, 0.15) is 11.6 Å². The van der Waals surface area contributed by atoms with E-state index in [1.54, 1.807) is 0 Å². The zero-order chi connectivity index (χ0) is 14.7. The van der Waals surface area contributed by atoms with Crippen molar-refractivity contribution < 1.29 is 4.74 Å². The van der Waals surface area contributed by atoms with Crippen molar-refractivity contribution in [3.63, 3.8) is 0 Å². The first-order valence-corrected chi connectivity index (χ1v) is 7.46. The average Bonchev–Trinajstić information content (AvgIpc) is 2.49. The Labute approximate surface area is 125 Å². The Bertz CT molecular complexity index is 563. The molecule has 0 unspecified atom stereocenters. The number of rotatable bonds is 3. The molecule has 3 heterocycles. The molecular formula is C17H21N3O. The zero-order valence-corrected chi connectivity index (χ0v) is 12.6. The van der Waals surface area contributed by atoms with E-state index in [9.17, 15) is 0 Å². The van der Waals surface area contributed by atoms with Gasteiger partial charge in [-0.1, -0.05) is 0 Å². The number of aromatic nitrogens is 2. The maximum Gasteiger partial charge on any atom is 0.134 e. The smallest absolute Gasteiger partial charge is 0.134 e. The lowest BCUT2D eigenvalue weighted by Crippen LogP contribution is -2.37. The summed E-state index contributed by atoms with van der Waals surface area (Å²) < 4.78 is 5.50. The van der Waals surface area contributed by atoms with Gasteiger partial charge in [0.25, 0.3) is 0 Å². The van der Waals surface area contributed by atoms with Crippen molar-refractivity contribution in [2.24, 2.45) is 0 Å². The Hall–Kier alpha value is -1.94. The van der Waals surface area contributed by atoms with Crippen molar-refractivity contribution in [3.8, 4) is 0 Å². The monoisotopic (exact) mass is 283 g/mol. The third-order valence-electron chi connectivity index (χ3n) is 3.85. The second-order valence-corrected chi connectivity index (χ2v) is 5.60. The second kappa shape index (κ2) is 6.22. The van der Waals surface area contributed by atoms with E-state index in [-0.39, 0.29) is 0 Å².